The molecule has 0 saturated heterocycles. The third kappa shape index (κ3) is 2.22. The SMILES string of the molecule is O=C1N=c2ccccc2=C1c1c(O)n(-c2ccc(F)cc2)c2ccccc12. The molecule has 5 rings (SSSR count). The van der Waals surface area contributed by atoms with Gasteiger partial charge in [-0.05, 0) is 36.4 Å². The van der Waals surface area contributed by atoms with Gasteiger partial charge in [-0.25, -0.2) is 9.38 Å². The molecule has 0 radical (unpaired) electrons. The minimum absolute atomic E-state index is 0.0712. The molecule has 1 aliphatic rings. The van der Waals surface area contributed by atoms with Crippen molar-refractivity contribution < 1.29 is 14.3 Å². The second-order valence-corrected chi connectivity index (χ2v) is 6.34. The quantitative estimate of drug-likeness (QED) is 0.600. The molecule has 2 heterocycles. The summed E-state index contributed by atoms with van der Waals surface area (Å²) < 4.78 is 15.0. The Labute approximate surface area is 153 Å². The first-order chi connectivity index (χ1) is 13.1. The van der Waals surface area contributed by atoms with Gasteiger partial charge in [0.2, 0.25) is 5.88 Å². The molecule has 1 amide bonds. The van der Waals surface area contributed by atoms with Crippen LogP contribution in [0.2, 0.25) is 0 Å². The summed E-state index contributed by atoms with van der Waals surface area (Å²) in [5.74, 6) is -0.811. The number of nitrogens with zero attached hydrogens (tertiary/aromatic N) is 2. The molecular weight excluding hydrogens is 343 g/mol. The molecule has 0 spiro atoms. The summed E-state index contributed by atoms with van der Waals surface area (Å²) in [5.41, 5.74) is 2.14. The van der Waals surface area contributed by atoms with E-state index in [1.807, 2.05) is 42.5 Å². The first-order valence-corrected chi connectivity index (χ1v) is 8.46. The van der Waals surface area contributed by atoms with E-state index in [0.29, 0.717) is 27.4 Å². The third-order valence-electron chi connectivity index (χ3n) is 4.79. The lowest BCUT2D eigenvalue weighted by Gasteiger charge is -2.07. The standard InChI is InChI=1S/C22H13FN2O2/c23-13-9-11-14(12-10-13)25-18-8-4-2-6-16(18)20(22(25)27)19-15-5-1-3-7-17(15)24-21(19)26/h1-12,27H. The van der Waals surface area contributed by atoms with Crippen LogP contribution >= 0.6 is 0 Å². The number of fused-ring (bicyclic) bond motifs is 2. The van der Waals surface area contributed by atoms with Crippen LogP contribution in [-0.4, -0.2) is 15.6 Å². The molecule has 0 atom stereocenters. The van der Waals surface area contributed by atoms with Crippen molar-refractivity contribution in [3.63, 3.8) is 0 Å². The van der Waals surface area contributed by atoms with E-state index >= 15 is 0 Å². The van der Waals surface area contributed by atoms with Crippen molar-refractivity contribution in [2.45, 2.75) is 0 Å². The average molecular weight is 356 g/mol. The molecule has 0 saturated carbocycles. The number of aromatic nitrogens is 1. The number of benzene rings is 3. The summed E-state index contributed by atoms with van der Waals surface area (Å²) in [6.07, 6.45) is 0. The van der Waals surface area contributed by atoms with Gasteiger partial charge in [-0.15, -0.1) is 0 Å². The molecule has 0 fully saturated rings. The van der Waals surface area contributed by atoms with Crippen LogP contribution in [0.3, 0.4) is 0 Å². The van der Waals surface area contributed by atoms with Crippen LogP contribution < -0.4 is 10.6 Å². The van der Waals surface area contributed by atoms with E-state index in [0.717, 1.165) is 10.9 Å². The van der Waals surface area contributed by atoms with E-state index < -0.39 is 0 Å². The Morgan fingerprint density at radius 3 is 2.41 bits per heavy atom. The minimum Gasteiger partial charge on any atom is -0.494 e. The lowest BCUT2D eigenvalue weighted by molar-refractivity contribution is -0.112. The van der Waals surface area contributed by atoms with Crippen molar-refractivity contribution >= 4 is 22.4 Å². The van der Waals surface area contributed by atoms with Crippen LogP contribution in [0, 0.1) is 5.82 Å². The van der Waals surface area contributed by atoms with Gasteiger partial charge in [0.15, 0.2) is 0 Å². The fourth-order valence-electron chi connectivity index (χ4n) is 3.63. The highest BCUT2D eigenvalue weighted by Gasteiger charge is 2.27. The van der Waals surface area contributed by atoms with E-state index in [-0.39, 0.29) is 17.6 Å². The summed E-state index contributed by atoms with van der Waals surface area (Å²) in [5, 5.41) is 13.1. The molecule has 27 heavy (non-hydrogen) atoms. The number of rotatable bonds is 2. The molecule has 0 unspecified atom stereocenters. The van der Waals surface area contributed by atoms with Crippen molar-refractivity contribution in [1.82, 2.24) is 4.57 Å². The van der Waals surface area contributed by atoms with Crippen LogP contribution in [0.1, 0.15) is 5.56 Å². The van der Waals surface area contributed by atoms with Gasteiger partial charge in [-0.1, -0.05) is 36.4 Å². The van der Waals surface area contributed by atoms with Gasteiger partial charge in [0, 0.05) is 16.3 Å². The number of halogens is 1. The summed E-state index contributed by atoms with van der Waals surface area (Å²) in [6, 6.07) is 20.5. The Balaban J connectivity index is 1.91. The monoisotopic (exact) mass is 356 g/mol. The number of hydrogen-bond acceptors (Lipinski definition) is 2. The smallest absolute Gasteiger partial charge is 0.279 e. The Morgan fingerprint density at radius 2 is 1.59 bits per heavy atom. The van der Waals surface area contributed by atoms with Gasteiger partial charge >= 0.3 is 0 Å². The molecule has 4 nitrogen and oxygen atoms in total. The summed E-state index contributed by atoms with van der Waals surface area (Å²) in [6.45, 7) is 0. The first-order valence-electron chi connectivity index (χ1n) is 8.46. The van der Waals surface area contributed by atoms with Gasteiger partial charge in [0.1, 0.15) is 5.82 Å². The van der Waals surface area contributed by atoms with Crippen molar-refractivity contribution in [2.24, 2.45) is 4.99 Å². The summed E-state index contributed by atoms with van der Waals surface area (Å²) in [4.78, 5) is 16.7. The number of carbonyl (C=O) groups is 1. The predicted octanol–water partition coefficient (Wildman–Crippen LogP) is 2.83. The molecule has 4 aromatic rings. The van der Waals surface area contributed by atoms with E-state index in [1.54, 1.807) is 22.8 Å². The highest BCUT2D eigenvalue weighted by molar-refractivity contribution is 6.25. The van der Waals surface area contributed by atoms with Crippen LogP contribution in [0.25, 0.3) is 22.2 Å². The minimum atomic E-state index is -0.381. The summed E-state index contributed by atoms with van der Waals surface area (Å²) in [7, 11) is 0. The van der Waals surface area contributed by atoms with Gasteiger partial charge < -0.3 is 5.11 Å². The predicted molar refractivity (Wildman–Crippen MR) is 99.6 cm³/mol. The molecule has 5 heteroatoms. The maximum absolute atomic E-state index is 13.4. The maximum Gasteiger partial charge on any atom is 0.279 e. The van der Waals surface area contributed by atoms with E-state index in [1.165, 1.54) is 12.1 Å². The topological polar surface area (TPSA) is 54.6 Å². The zero-order valence-corrected chi connectivity index (χ0v) is 14.1. The number of para-hydroxylation sites is 2. The molecule has 3 aromatic carbocycles. The second kappa shape index (κ2) is 5.64. The summed E-state index contributed by atoms with van der Waals surface area (Å²) >= 11 is 0. The van der Waals surface area contributed by atoms with Crippen molar-refractivity contribution in [1.29, 1.82) is 0 Å². The zero-order valence-electron chi connectivity index (χ0n) is 14.1. The van der Waals surface area contributed by atoms with Gasteiger partial charge in [0.05, 0.1) is 22.0 Å². The Morgan fingerprint density at radius 1 is 0.889 bits per heavy atom. The van der Waals surface area contributed by atoms with Crippen molar-refractivity contribution in [3.8, 4) is 11.6 Å². The van der Waals surface area contributed by atoms with Crippen LogP contribution in [-0.2, 0) is 4.79 Å². The van der Waals surface area contributed by atoms with E-state index in [2.05, 4.69) is 4.99 Å². The Bertz CT molecular complexity index is 1350. The first kappa shape index (κ1) is 15.5. The molecule has 0 aliphatic carbocycles. The second-order valence-electron chi connectivity index (χ2n) is 6.34. The third-order valence-corrected chi connectivity index (χ3v) is 4.79. The average Bonchev–Trinajstić information content (AvgIpc) is 3.15. The van der Waals surface area contributed by atoms with Gasteiger partial charge in [-0.3, -0.25) is 9.36 Å². The van der Waals surface area contributed by atoms with Crippen LogP contribution in [0.15, 0.2) is 77.8 Å². The molecule has 1 aromatic heterocycles. The fourth-order valence-corrected chi connectivity index (χ4v) is 3.63. The largest absolute Gasteiger partial charge is 0.494 e. The Hall–Kier alpha value is -3.73. The highest BCUT2D eigenvalue weighted by Crippen LogP contribution is 2.38. The molecular formula is C22H13FN2O2. The van der Waals surface area contributed by atoms with Crippen LogP contribution in [0.4, 0.5) is 4.39 Å². The Kier molecular flexibility index (Phi) is 3.24. The van der Waals surface area contributed by atoms with E-state index in [4.69, 9.17) is 0 Å². The fraction of sp³-hybridized carbons (Fsp3) is 0. The van der Waals surface area contributed by atoms with Crippen molar-refractivity contribution in [2.75, 3.05) is 0 Å². The lowest BCUT2D eigenvalue weighted by Crippen LogP contribution is -2.22. The molecule has 130 valence electrons. The van der Waals surface area contributed by atoms with Crippen molar-refractivity contribution in [3.05, 3.63) is 94.8 Å². The number of carbonyl (C=O) groups excluding carboxylic acids is 1. The maximum atomic E-state index is 13.4. The number of amides is 1. The number of aromatic hydroxyl groups is 1. The number of hydrogen-bond donors (Lipinski definition) is 1. The zero-order chi connectivity index (χ0) is 18.5. The molecule has 0 bridgehead atoms. The molecule has 1 N–H and O–H groups in total. The van der Waals surface area contributed by atoms with Gasteiger partial charge in [-0.2, -0.15) is 0 Å². The van der Waals surface area contributed by atoms with Gasteiger partial charge in [0.25, 0.3) is 5.91 Å². The highest BCUT2D eigenvalue weighted by atomic mass is 19.1. The van der Waals surface area contributed by atoms with Crippen LogP contribution in [0.5, 0.6) is 5.88 Å². The normalized spacial score (nSPS) is 13.1. The van der Waals surface area contributed by atoms with E-state index in [9.17, 15) is 14.3 Å². The molecule has 1 aliphatic heterocycles. The lowest BCUT2D eigenvalue weighted by atomic mass is 10.0.